The van der Waals surface area contributed by atoms with Crippen LogP contribution >= 0.6 is 15.9 Å². The molecule has 0 fully saturated rings. The lowest BCUT2D eigenvalue weighted by molar-refractivity contribution is 0.315. The van der Waals surface area contributed by atoms with Gasteiger partial charge in [-0.1, -0.05) is 25.0 Å². The van der Waals surface area contributed by atoms with Crippen LogP contribution in [0, 0.1) is 18.3 Å². The van der Waals surface area contributed by atoms with Crippen LogP contribution in [0.1, 0.15) is 18.1 Å². The van der Waals surface area contributed by atoms with E-state index >= 15 is 0 Å². The van der Waals surface area contributed by atoms with E-state index in [9.17, 15) is 0 Å². The third-order valence-electron chi connectivity index (χ3n) is 1.85. The molecule has 0 bridgehead atoms. The van der Waals surface area contributed by atoms with E-state index in [0.29, 0.717) is 0 Å². The van der Waals surface area contributed by atoms with Gasteiger partial charge in [0.25, 0.3) is 0 Å². The van der Waals surface area contributed by atoms with Crippen LogP contribution in [0.3, 0.4) is 0 Å². The fraction of sp³-hybridized carbons (Fsp3) is 0.182. The van der Waals surface area contributed by atoms with Gasteiger partial charge in [0, 0.05) is 16.0 Å². The number of benzene rings is 1. The van der Waals surface area contributed by atoms with E-state index in [2.05, 4.69) is 21.9 Å². The first-order chi connectivity index (χ1) is 6.20. The summed E-state index contributed by atoms with van der Waals surface area (Å²) in [5.74, 6) is 3.48. The summed E-state index contributed by atoms with van der Waals surface area (Å²) in [5.41, 5.74) is 1.73. The highest BCUT2D eigenvalue weighted by Crippen LogP contribution is 2.24. The van der Waals surface area contributed by atoms with Crippen LogP contribution in [-0.4, -0.2) is 11.7 Å². The fourth-order valence-electron chi connectivity index (χ4n) is 1.11. The predicted molar refractivity (Wildman–Crippen MR) is 57.2 cm³/mol. The molecule has 13 heavy (non-hydrogen) atoms. The molecule has 0 aliphatic heterocycles. The van der Waals surface area contributed by atoms with Gasteiger partial charge in [0.05, 0.1) is 6.61 Å². The highest BCUT2D eigenvalue weighted by atomic mass is 79.9. The molecule has 0 atom stereocenters. The summed E-state index contributed by atoms with van der Waals surface area (Å²) in [4.78, 5) is 0. The van der Waals surface area contributed by atoms with Crippen molar-refractivity contribution in [3.05, 3.63) is 39.7 Å². The molecule has 0 aliphatic rings. The highest BCUT2D eigenvalue weighted by molar-refractivity contribution is 9.10. The van der Waals surface area contributed by atoms with Crippen LogP contribution in [0.5, 0.6) is 0 Å². The van der Waals surface area contributed by atoms with Crippen molar-refractivity contribution in [2.45, 2.75) is 6.92 Å². The quantitative estimate of drug-likeness (QED) is 0.784. The minimum atomic E-state index is 0.0329. The molecule has 0 saturated heterocycles. The van der Waals surface area contributed by atoms with Crippen LogP contribution in [0.15, 0.2) is 22.7 Å². The Morgan fingerprint density at radius 1 is 1.62 bits per heavy atom. The Morgan fingerprint density at radius 2 is 2.31 bits per heavy atom. The first-order valence-corrected chi connectivity index (χ1v) is 4.68. The van der Waals surface area contributed by atoms with E-state index in [-0.39, 0.29) is 6.61 Å². The molecule has 0 aromatic heterocycles. The Hall–Kier alpha value is -0.780. The number of aliphatic hydroxyl groups excluding tert-OH is 1. The third-order valence-corrected chi connectivity index (χ3v) is 2.52. The summed E-state index contributed by atoms with van der Waals surface area (Å²) in [6.07, 6.45) is 5.37. The largest absolute Gasteiger partial charge is 0.395 e. The van der Waals surface area contributed by atoms with Crippen molar-refractivity contribution >= 4 is 15.9 Å². The Kier molecular flexibility index (Phi) is 3.53. The molecule has 0 aliphatic carbocycles. The van der Waals surface area contributed by atoms with Crippen molar-refractivity contribution in [1.29, 1.82) is 0 Å². The molecule has 0 amide bonds. The molecular weight excluding hydrogens is 228 g/mol. The van der Waals surface area contributed by atoms with Crippen LogP contribution in [0.25, 0.3) is 0 Å². The van der Waals surface area contributed by atoms with Gasteiger partial charge in [0.15, 0.2) is 0 Å². The predicted octanol–water partition coefficient (Wildman–Crippen LogP) is 2.37. The minimum Gasteiger partial charge on any atom is -0.395 e. The van der Waals surface area contributed by atoms with Crippen LogP contribution in [0.4, 0.5) is 0 Å². The third kappa shape index (κ3) is 2.12. The van der Waals surface area contributed by atoms with Gasteiger partial charge < -0.3 is 5.11 Å². The van der Waals surface area contributed by atoms with E-state index in [1.54, 1.807) is 0 Å². The van der Waals surface area contributed by atoms with E-state index in [1.807, 2.05) is 25.1 Å². The second-order valence-electron chi connectivity index (χ2n) is 2.75. The maximum absolute atomic E-state index is 8.98. The average Bonchev–Trinajstić information content (AvgIpc) is 2.16. The molecule has 1 aromatic carbocycles. The number of hydrogen-bond acceptors (Lipinski definition) is 1. The Labute approximate surface area is 86.9 Å². The number of rotatable bonds is 2. The number of terminal acetylenes is 1. The zero-order valence-corrected chi connectivity index (χ0v) is 8.93. The number of aliphatic hydroxyl groups is 1. The molecule has 1 rings (SSSR count). The second-order valence-corrected chi connectivity index (χ2v) is 3.60. The Balaban J connectivity index is 3.22. The number of hydrogen-bond donors (Lipinski definition) is 1. The standard InChI is InChI=1S/C11H10BrO/c1-3-9-10(8(2)7-13)5-4-6-11(9)12/h1,4-6,13H,7H2,2H3. The maximum Gasteiger partial charge on any atom is 0.0535 e. The number of halogens is 1. The first kappa shape index (κ1) is 10.3. The van der Waals surface area contributed by atoms with Crippen molar-refractivity contribution in [3.63, 3.8) is 0 Å². The zero-order valence-electron chi connectivity index (χ0n) is 7.34. The normalized spacial score (nSPS) is 10.1. The van der Waals surface area contributed by atoms with Gasteiger partial charge >= 0.3 is 0 Å². The van der Waals surface area contributed by atoms with Crippen molar-refractivity contribution in [2.24, 2.45) is 0 Å². The second kappa shape index (κ2) is 4.45. The summed E-state index contributed by atoms with van der Waals surface area (Å²) in [7, 11) is 0. The van der Waals surface area contributed by atoms with Crippen LogP contribution < -0.4 is 0 Å². The average molecular weight is 238 g/mol. The molecule has 0 unspecified atom stereocenters. The SMILES string of the molecule is C#Cc1c(Br)cccc1[C](C)CO. The van der Waals surface area contributed by atoms with Crippen molar-refractivity contribution in [3.8, 4) is 12.3 Å². The molecule has 2 heteroatoms. The summed E-state index contributed by atoms with van der Waals surface area (Å²) < 4.78 is 0.889. The lowest BCUT2D eigenvalue weighted by atomic mass is 9.97. The smallest absolute Gasteiger partial charge is 0.0535 e. The van der Waals surface area contributed by atoms with E-state index in [4.69, 9.17) is 11.5 Å². The molecular formula is C11H10BrO. The fourth-order valence-corrected chi connectivity index (χ4v) is 1.59. The summed E-state index contributed by atoms with van der Waals surface area (Å²) >= 11 is 3.37. The summed E-state index contributed by atoms with van der Waals surface area (Å²) in [6.45, 7) is 1.90. The van der Waals surface area contributed by atoms with Gasteiger partial charge in [-0.25, -0.2) is 0 Å². The molecule has 1 radical (unpaired) electrons. The highest BCUT2D eigenvalue weighted by Gasteiger charge is 2.10. The topological polar surface area (TPSA) is 20.2 Å². The van der Waals surface area contributed by atoms with Crippen LogP contribution in [0.2, 0.25) is 0 Å². The maximum atomic E-state index is 8.98. The molecule has 1 aromatic rings. The molecule has 0 spiro atoms. The van der Waals surface area contributed by atoms with Crippen molar-refractivity contribution in [1.82, 2.24) is 0 Å². The van der Waals surface area contributed by atoms with Gasteiger partial charge in [-0.05, 0) is 27.6 Å². The van der Waals surface area contributed by atoms with Gasteiger partial charge in [0.2, 0.25) is 0 Å². The van der Waals surface area contributed by atoms with E-state index in [0.717, 1.165) is 21.5 Å². The molecule has 1 nitrogen and oxygen atoms in total. The van der Waals surface area contributed by atoms with Gasteiger partial charge in [0.1, 0.15) is 0 Å². The molecule has 0 saturated carbocycles. The summed E-state index contributed by atoms with van der Waals surface area (Å²) in [5, 5.41) is 8.98. The zero-order chi connectivity index (χ0) is 9.84. The van der Waals surface area contributed by atoms with Gasteiger partial charge in [-0.15, -0.1) is 6.42 Å². The van der Waals surface area contributed by atoms with E-state index < -0.39 is 0 Å². The van der Waals surface area contributed by atoms with Crippen LogP contribution in [-0.2, 0) is 0 Å². The first-order valence-electron chi connectivity index (χ1n) is 3.89. The Bertz CT molecular complexity index is 338. The minimum absolute atomic E-state index is 0.0329. The van der Waals surface area contributed by atoms with Gasteiger partial charge in [-0.2, -0.15) is 0 Å². The van der Waals surface area contributed by atoms with Crippen molar-refractivity contribution in [2.75, 3.05) is 6.61 Å². The monoisotopic (exact) mass is 237 g/mol. The van der Waals surface area contributed by atoms with Gasteiger partial charge in [-0.3, -0.25) is 0 Å². The molecule has 0 heterocycles. The van der Waals surface area contributed by atoms with E-state index in [1.165, 1.54) is 0 Å². The summed E-state index contributed by atoms with van der Waals surface area (Å²) in [6, 6.07) is 5.70. The Morgan fingerprint density at radius 3 is 2.85 bits per heavy atom. The van der Waals surface area contributed by atoms with Crippen molar-refractivity contribution < 1.29 is 5.11 Å². The molecule has 67 valence electrons. The lowest BCUT2D eigenvalue weighted by Gasteiger charge is -2.11. The molecule has 1 N–H and O–H groups in total. The lowest BCUT2D eigenvalue weighted by Crippen LogP contribution is -2.02.